The topological polar surface area (TPSA) is 123 Å². The highest BCUT2D eigenvalue weighted by Crippen LogP contribution is 2.32. The maximum atomic E-state index is 14.4. The Morgan fingerprint density at radius 3 is 2.58 bits per heavy atom. The van der Waals surface area contributed by atoms with Gasteiger partial charge in [-0.25, -0.2) is 9.37 Å². The highest BCUT2D eigenvalue weighted by atomic mass is 19.1. The molecule has 1 aliphatic heterocycles. The molecule has 10 nitrogen and oxygen atoms in total. The number of pyridine rings is 1. The van der Waals surface area contributed by atoms with Crippen molar-refractivity contribution in [2.24, 2.45) is 0 Å². The number of halogens is 1. The monoisotopic (exact) mass is 543 g/mol. The van der Waals surface area contributed by atoms with Gasteiger partial charge in [0.25, 0.3) is 5.91 Å². The van der Waals surface area contributed by atoms with Crippen LogP contribution in [-0.4, -0.2) is 61.5 Å². The highest BCUT2D eigenvalue weighted by Gasteiger charge is 2.20. The average molecular weight is 544 g/mol. The zero-order valence-electron chi connectivity index (χ0n) is 22.3. The number of nitriles is 1. The summed E-state index contributed by atoms with van der Waals surface area (Å²) in [7, 11) is 1.33. The van der Waals surface area contributed by atoms with Crippen molar-refractivity contribution < 1.29 is 18.7 Å². The highest BCUT2D eigenvalue weighted by molar-refractivity contribution is 6.07. The number of hydrogen-bond acceptors (Lipinski definition) is 8. The molecule has 1 aromatic heterocycles. The molecule has 0 atom stereocenters. The van der Waals surface area contributed by atoms with E-state index in [9.17, 15) is 19.2 Å². The predicted molar refractivity (Wildman–Crippen MR) is 153 cm³/mol. The molecular formula is C29H30FN7O3. The van der Waals surface area contributed by atoms with Crippen molar-refractivity contribution in [2.45, 2.75) is 6.92 Å². The summed E-state index contributed by atoms with van der Waals surface area (Å²) in [5.41, 5.74) is 1.92. The molecule has 3 N–H and O–H groups in total. The van der Waals surface area contributed by atoms with Crippen LogP contribution in [0.5, 0.6) is 5.75 Å². The molecule has 11 heteroatoms. The van der Waals surface area contributed by atoms with Crippen LogP contribution >= 0.6 is 0 Å². The number of carbonyl (C=O) groups is 2. The molecule has 2 aromatic carbocycles. The number of hydrogen-bond donors (Lipinski definition) is 3. The van der Waals surface area contributed by atoms with Crippen LogP contribution in [0.1, 0.15) is 22.8 Å². The zero-order chi connectivity index (χ0) is 28.6. The lowest BCUT2D eigenvalue weighted by Crippen LogP contribution is -2.46. The minimum atomic E-state index is -0.782. The van der Waals surface area contributed by atoms with Crippen molar-refractivity contribution >= 4 is 40.4 Å². The van der Waals surface area contributed by atoms with Crippen molar-refractivity contribution in [1.29, 1.82) is 5.26 Å². The fourth-order valence-electron chi connectivity index (χ4n) is 4.38. The second-order valence-corrected chi connectivity index (χ2v) is 8.97. The van der Waals surface area contributed by atoms with Gasteiger partial charge in [0, 0.05) is 44.1 Å². The first-order valence-electron chi connectivity index (χ1n) is 12.7. The first-order chi connectivity index (χ1) is 19.4. The second-order valence-electron chi connectivity index (χ2n) is 8.97. The third-order valence-electron chi connectivity index (χ3n) is 6.59. The summed E-state index contributed by atoms with van der Waals surface area (Å²) in [6.45, 7) is 10.3. The Balaban J connectivity index is 1.61. The Bertz CT molecular complexity index is 1460. The number of piperazine rings is 1. The van der Waals surface area contributed by atoms with Gasteiger partial charge >= 0.3 is 0 Å². The van der Waals surface area contributed by atoms with Gasteiger partial charge in [0.1, 0.15) is 29.0 Å². The minimum Gasteiger partial charge on any atom is -0.496 e. The molecule has 1 fully saturated rings. The normalized spacial score (nSPS) is 13.2. The lowest BCUT2D eigenvalue weighted by atomic mass is 10.1. The van der Waals surface area contributed by atoms with Crippen molar-refractivity contribution in [1.82, 2.24) is 9.88 Å². The molecule has 1 aliphatic rings. The number of benzene rings is 2. The van der Waals surface area contributed by atoms with Gasteiger partial charge in [0.05, 0.1) is 29.7 Å². The molecule has 1 saturated heterocycles. The molecule has 0 saturated carbocycles. The number of amides is 2. The van der Waals surface area contributed by atoms with Gasteiger partial charge in [-0.15, -0.1) is 0 Å². The molecule has 206 valence electrons. The molecule has 2 heterocycles. The number of rotatable bonds is 9. The van der Waals surface area contributed by atoms with Gasteiger partial charge < -0.3 is 30.5 Å². The minimum absolute atomic E-state index is 0.0576. The molecule has 3 aromatic rings. The van der Waals surface area contributed by atoms with Crippen molar-refractivity contribution in [3.63, 3.8) is 0 Å². The Morgan fingerprint density at radius 1 is 1.12 bits per heavy atom. The zero-order valence-corrected chi connectivity index (χ0v) is 22.3. The van der Waals surface area contributed by atoms with E-state index in [4.69, 9.17) is 4.74 Å². The summed E-state index contributed by atoms with van der Waals surface area (Å²) in [5.74, 6) is -1.58. The van der Waals surface area contributed by atoms with E-state index in [1.54, 1.807) is 0 Å². The molecular weight excluding hydrogens is 513 g/mol. The third-order valence-corrected chi connectivity index (χ3v) is 6.59. The fraction of sp³-hybridized carbons (Fsp3) is 0.241. The van der Waals surface area contributed by atoms with Gasteiger partial charge in [-0.05, 0) is 43.0 Å². The quantitative estimate of drug-likeness (QED) is 0.340. The van der Waals surface area contributed by atoms with Crippen molar-refractivity contribution in [3.05, 3.63) is 78.3 Å². The molecule has 2 amide bonds. The van der Waals surface area contributed by atoms with Gasteiger partial charge in [0.15, 0.2) is 0 Å². The Kier molecular flexibility index (Phi) is 8.93. The number of carbonyl (C=O) groups excluding carboxylic acids is 2. The summed E-state index contributed by atoms with van der Waals surface area (Å²) in [4.78, 5) is 34.1. The van der Waals surface area contributed by atoms with Crippen LogP contribution in [0.15, 0.2) is 61.3 Å². The summed E-state index contributed by atoms with van der Waals surface area (Å²) in [6.07, 6.45) is 2.47. The van der Waals surface area contributed by atoms with Crippen molar-refractivity contribution in [2.75, 3.05) is 60.7 Å². The lowest BCUT2D eigenvalue weighted by Gasteiger charge is -2.35. The van der Waals surface area contributed by atoms with E-state index in [0.717, 1.165) is 44.5 Å². The van der Waals surface area contributed by atoms with E-state index in [-0.39, 0.29) is 34.3 Å². The number of nitrogens with zero attached hydrogens (tertiary/aromatic N) is 4. The summed E-state index contributed by atoms with van der Waals surface area (Å²) >= 11 is 0. The Morgan fingerprint density at radius 2 is 1.90 bits per heavy atom. The van der Waals surface area contributed by atoms with E-state index >= 15 is 0 Å². The first-order valence-corrected chi connectivity index (χ1v) is 12.7. The molecule has 0 aliphatic carbocycles. The number of methoxy groups -OCH3 is 1. The predicted octanol–water partition coefficient (Wildman–Crippen LogP) is 4.36. The number of likely N-dealkylation sites (N-methyl/N-ethyl adjacent to an activating group) is 1. The summed E-state index contributed by atoms with van der Waals surface area (Å²) in [6, 6.07) is 13.1. The lowest BCUT2D eigenvalue weighted by molar-refractivity contribution is -0.111. The van der Waals surface area contributed by atoms with Gasteiger partial charge in [-0.2, -0.15) is 5.26 Å². The molecule has 4 rings (SSSR count). The molecule has 0 spiro atoms. The second kappa shape index (κ2) is 12.7. The van der Waals surface area contributed by atoms with E-state index in [1.807, 2.05) is 24.3 Å². The van der Waals surface area contributed by atoms with E-state index in [1.165, 1.54) is 37.6 Å². The van der Waals surface area contributed by atoms with Crippen LogP contribution < -0.4 is 25.6 Å². The number of aromatic nitrogens is 1. The maximum Gasteiger partial charge on any atom is 0.262 e. The van der Waals surface area contributed by atoms with Crippen LogP contribution in [0.2, 0.25) is 0 Å². The third kappa shape index (κ3) is 6.36. The first kappa shape index (κ1) is 28.1. The standard InChI is InChI=1S/C29H30FN7O3/c1-4-27(38)34-24-15-20(37-13-11-36(5-2)12-14-37)9-10-22(24)33-26-16-23(19(17-31)18-32-26)35-29(39)28-21(30)7-6-8-25(28)40-3/h4,6-10,15-16,18H,1,5,11-14H2,2-3H3,(H,34,38)(H2,32,33,35,39). The van der Waals surface area contributed by atoms with Gasteiger partial charge in [-0.3, -0.25) is 9.59 Å². The fourth-order valence-corrected chi connectivity index (χ4v) is 4.38. The average Bonchev–Trinajstić information content (AvgIpc) is 2.97. The molecule has 0 radical (unpaired) electrons. The summed E-state index contributed by atoms with van der Waals surface area (Å²) in [5, 5.41) is 18.1. The molecule has 0 bridgehead atoms. The smallest absolute Gasteiger partial charge is 0.262 e. The summed E-state index contributed by atoms with van der Waals surface area (Å²) < 4.78 is 19.6. The van der Waals surface area contributed by atoms with E-state index < -0.39 is 11.7 Å². The van der Waals surface area contributed by atoms with E-state index in [0.29, 0.717) is 11.4 Å². The van der Waals surface area contributed by atoms with Crippen LogP contribution in [0.4, 0.5) is 33.0 Å². The van der Waals surface area contributed by atoms with Crippen LogP contribution in [0.25, 0.3) is 0 Å². The Hall–Kier alpha value is -4.95. The molecule has 40 heavy (non-hydrogen) atoms. The number of anilines is 5. The van der Waals surface area contributed by atoms with Gasteiger partial charge in [0.2, 0.25) is 5.91 Å². The SMILES string of the molecule is C=CC(=O)Nc1cc(N2CCN(CC)CC2)ccc1Nc1cc(NC(=O)c2c(F)cccc2OC)c(C#N)cn1. The maximum absolute atomic E-state index is 14.4. The Labute approximate surface area is 232 Å². The van der Waals surface area contributed by atoms with Gasteiger partial charge in [-0.1, -0.05) is 19.6 Å². The molecule has 0 unspecified atom stereocenters. The van der Waals surface area contributed by atoms with Crippen LogP contribution in [0.3, 0.4) is 0 Å². The largest absolute Gasteiger partial charge is 0.496 e. The van der Waals surface area contributed by atoms with Crippen molar-refractivity contribution in [3.8, 4) is 11.8 Å². The van der Waals surface area contributed by atoms with E-state index in [2.05, 4.69) is 44.2 Å². The van der Waals surface area contributed by atoms with Crippen LogP contribution in [0, 0.1) is 17.1 Å². The number of nitrogens with one attached hydrogen (secondary N) is 3. The van der Waals surface area contributed by atoms with Crippen LogP contribution in [-0.2, 0) is 4.79 Å². The number of ether oxygens (including phenoxy) is 1.